The van der Waals surface area contributed by atoms with Crippen molar-refractivity contribution in [3.05, 3.63) is 83.9 Å². The Hall–Kier alpha value is -4.41. The smallest absolute Gasteiger partial charge is 0.241 e. The van der Waals surface area contributed by atoms with Crippen LogP contribution in [0.2, 0.25) is 0 Å². The number of anilines is 1. The molecule has 0 spiro atoms. The zero-order valence-electron chi connectivity index (χ0n) is 18.5. The number of amides is 1. The second-order valence-corrected chi connectivity index (χ2v) is 8.60. The molecule has 1 fully saturated rings. The quantitative estimate of drug-likeness (QED) is 0.427. The van der Waals surface area contributed by atoms with Crippen molar-refractivity contribution in [2.45, 2.75) is 6.54 Å². The summed E-state index contributed by atoms with van der Waals surface area (Å²) in [5.41, 5.74) is 6.35. The van der Waals surface area contributed by atoms with Gasteiger partial charge in [0.15, 0.2) is 0 Å². The maximum atomic E-state index is 12.8. The highest BCUT2D eigenvalue weighted by Crippen LogP contribution is 2.31. The Morgan fingerprint density at radius 2 is 1.82 bits per heavy atom. The molecule has 0 radical (unpaired) electrons. The highest BCUT2D eigenvalue weighted by molar-refractivity contribution is 5.97. The number of para-hydroxylation sites is 1. The normalized spacial score (nSPS) is 14.7. The standard InChI is InChI=1S/C27H22N6O/c28-15-18-9-10-21-24(13-18)30-31-27(21)25-14-22-19(5-4-8-23(22)29-25)16-32-11-12-33(26(34)17-32)20-6-2-1-3-7-20/h1-10,13-14,29H,11-12,16-17H2,(H,30,31). The van der Waals surface area contributed by atoms with Crippen molar-refractivity contribution in [1.29, 1.82) is 5.26 Å². The number of fused-ring (bicyclic) bond motifs is 2. The van der Waals surface area contributed by atoms with Crippen LogP contribution in [0.15, 0.2) is 72.8 Å². The van der Waals surface area contributed by atoms with E-state index in [0.717, 1.165) is 45.4 Å². The van der Waals surface area contributed by atoms with Crippen LogP contribution in [0.3, 0.4) is 0 Å². The average molecular weight is 447 g/mol. The lowest BCUT2D eigenvalue weighted by Crippen LogP contribution is -2.50. The zero-order chi connectivity index (χ0) is 23.1. The summed E-state index contributed by atoms with van der Waals surface area (Å²) in [5, 5.41) is 18.8. The van der Waals surface area contributed by atoms with E-state index < -0.39 is 0 Å². The Labute approximate surface area is 196 Å². The van der Waals surface area contributed by atoms with E-state index in [9.17, 15) is 4.79 Å². The molecule has 1 aliphatic rings. The van der Waals surface area contributed by atoms with Gasteiger partial charge in [0.2, 0.25) is 5.91 Å². The molecule has 0 aliphatic carbocycles. The Morgan fingerprint density at radius 1 is 0.941 bits per heavy atom. The van der Waals surface area contributed by atoms with E-state index in [4.69, 9.17) is 5.26 Å². The number of piperazine rings is 1. The first-order valence-electron chi connectivity index (χ1n) is 11.3. The number of hydrogen-bond donors (Lipinski definition) is 2. The summed E-state index contributed by atoms with van der Waals surface area (Å²) < 4.78 is 0. The van der Waals surface area contributed by atoms with E-state index >= 15 is 0 Å². The van der Waals surface area contributed by atoms with Gasteiger partial charge in [-0.1, -0.05) is 30.3 Å². The SMILES string of the molecule is N#Cc1ccc2c(-c3cc4c(CN5CCN(c6ccccc6)C(=O)C5)cccc4[nH]3)n[nH]c2c1. The first kappa shape index (κ1) is 20.2. The minimum absolute atomic E-state index is 0.124. The number of nitrogens with one attached hydrogen (secondary N) is 2. The van der Waals surface area contributed by atoms with Crippen LogP contribution in [0, 0.1) is 11.3 Å². The van der Waals surface area contributed by atoms with Gasteiger partial charge in [0.25, 0.3) is 0 Å². The summed E-state index contributed by atoms with van der Waals surface area (Å²) in [5.74, 6) is 0.124. The predicted octanol–water partition coefficient (Wildman–Crippen LogP) is 4.43. The van der Waals surface area contributed by atoms with Crippen LogP contribution in [0.5, 0.6) is 0 Å². The van der Waals surface area contributed by atoms with Gasteiger partial charge in [-0.15, -0.1) is 0 Å². The molecule has 166 valence electrons. The van der Waals surface area contributed by atoms with Crippen LogP contribution in [0.4, 0.5) is 5.69 Å². The second kappa shape index (κ2) is 8.18. The van der Waals surface area contributed by atoms with Crippen molar-refractivity contribution < 1.29 is 4.79 Å². The van der Waals surface area contributed by atoms with Gasteiger partial charge in [0.1, 0.15) is 5.69 Å². The zero-order valence-corrected chi connectivity index (χ0v) is 18.5. The minimum Gasteiger partial charge on any atom is -0.353 e. The van der Waals surface area contributed by atoms with Crippen molar-refractivity contribution in [3.8, 4) is 17.5 Å². The van der Waals surface area contributed by atoms with Crippen LogP contribution in [-0.2, 0) is 11.3 Å². The molecule has 0 atom stereocenters. The highest BCUT2D eigenvalue weighted by atomic mass is 16.2. The third-order valence-corrected chi connectivity index (χ3v) is 6.46. The summed E-state index contributed by atoms with van der Waals surface area (Å²) in [4.78, 5) is 20.4. The first-order valence-corrected chi connectivity index (χ1v) is 11.3. The van der Waals surface area contributed by atoms with E-state index in [0.29, 0.717) is 25.2 Å². The van der Waals surface area contributed by atoms with Gasteiger partial charge in [0, 0.05) is 41.6 Å². The Bertz CT molecular complexity index is 1560. The molecule has 7 heteroatoms. The number of nitriles is 1. The molecule has 1 amide bonds. The fraction of sp³-hybridized carbons (Fsp3) is 0.148. The Kier molecular flexibility index (Phi) is 4.86. The molecule has 34 heavy (non-hydrogen) atoms. The lowest BCUT2D eigenvalue weighted by molar-refractivity contribution is -0.121. The maximum absolute atomic E-state index is 12.8. The summed E-state index contributed by atoms with van der Waals surface area (Å²) in [7, 11) is 0. The van der Waals surface area contributed by atoms with Crippen molar-refractivity contribution >= 4 is 33.4 Å². The molecule has 6 rings (SSSR count). The monoisotopic (exact) mass is 446 g/mol. The first-order chi connectivity index (χ1) is 16.7. The van der Waals surface area contributed by atoms with Gasteiger partial charge in [0.05, 0.1) is 29.4 Å². The molecule has 5 aromatic rings. The molecule has 1 saturated heterocycles. The maximum Gasteiger partial charge on any atom is 0.241 e. The van der Waals surface area contributed by atoms with Gasteiger partial charge >= 0.3 is 0 Å². The van der Waals surface area contributed by atoms with Gasteiger partial charge in [-0.25, -0.2) is 0 Å². The Morgan fingerprint density at radius 3 is 2.65 bits per heavy atom. The number of hydrogen-bond acceptors (Lipinski definition) is 4. The summed E-state index contributed by atoms with van der Waals surface area (Å²) in [6, 6.07) is 25.9. The third-order valence-electron chi connectivity index (χ3n) is 6.46. The van der Waals surface area contributed by atoms with Crippen molar-refractivity contribution in [2.75, 3.05) is 24.5 Å². The van der Waals surface area contributed by atoms with Gasteiger partial charge in [-0.3, -0.25) is 14.8 Å². The summed E-state index contributed by atoms with van der Waals surface area (Å²) >= 11 is 0. The molecule has 0 saturated carbocycles. The number of H-pyrrole nitrogens is 2. The number of nitrogens with zero attached hydrogens (tertiary/aromatic N) is 4. The minimum atomic E-state index is 0.124. The van der Waals surface area contributed by atoms with Gasteiger partial charge in [-0.05, 0) is 48.0 Å². The van der Waals surface area contributed by atoms with E-state index in [1.54, 1.807) is 0 Å². The largest absolute Gasteiger partial charge is 0.353 e. The van der Waals surface area contributed by atoms with E-state index in [2.05, 4.69) is 44.3 Å². The lowest BCUT2D eigenvalue weighted by atomic mass is 10.1. The molecule has 0 unspecified atom stereocenters. The van der Waals surface area contributed by atoms with Crippen molar-refractivity contribution in [2.24, 2.45) is 0 Å². The Balaban J connectivity index is 1.26. The van der Waals surface area contributed by atoms with Crippen LogP contribution in [-0.4, -0.2) is 45.6 Å². The highest BCUT2D eigenvalue weighted by Gasteiger charge is 2.25. The predicted molar refractivity (Wildman–Crippen MR) is 132 cm³/mol. The third kappa shape index (κ3) is 3.51. The van der Waals surface area contributed by atoms with E-state index in [-0.39, 0.29) is 5.91 Å². The molecule has 7 nitrogen and oxygen atoms in total. The molecule has 1 aliphatic heterocycles. The summed E-state index contributed by atoms with van der Waals surface area (Å²) in [6.45, 7) is 2.60. The van der Waals surface area contributed by atoms with Gasteiger partial charge < -0.3 is 9.88 Å². The molecular weight excluding hydrogens is 424 g/mol. The molecule has 2 aromatic heterocycles. The van der Waals surface area contributed by atoms with Crippen LogP contribution in [0.25, 0.3) is 33.2 Å². The molecule has 3 heterocycles. The fourth-order valence-corrected chi connectivity index (χ4v) is 4.76. The van der Waals surface area contributed by atoms with Crippen LogP contribution < -0.4 is 4.90 Å². The van der Waals surface area contributed by atoms with Crippen molar-refractivity contribution in [1.82, 2.24) is 20.1 Å². The van der Waals surface area contributed by atoms with Crippen LogP contribution >= 0.6 is 0 Å². The molecule has 3 aromatic carbocycles. The topological polar surface area (TPSA) is 91.8 Å². The van der Waals surface area contributed by atoms with Crippen LogP contribution in [0.1, 0.15) is 11.1 Å². The number of aromatic nitrogens is 3. The van der Waals surface area contributed by atoms with E-state index in [1.165, 1.54) is 5.56 Å². The average Bonchev–Trinajstić information content (AvgIpc) is 3.49. The number of benzene rings is 3. The number of aromatic amines is 2. The number of carbonyl (C=O) groups is 1. The fourth-order valence-electron chi connectivity index (χ4n) is 4.76. The second-order valence-electron chi connectivity index (χ2n) is 8.60. The molecular formula is C27H22N6O. The van der Waals surface area contributed by atoms with Crippen molar-refractivity contribution in [3.63, 3.8) is 0 Å². The number of rotatable bonds is 4. The van der Waals surface area contributed by atoms with Gasteiger partial charge in [-0.2, -0.15) is 10.4 Å². The summed E-state index contributed by atoms with van der Waals surface area (Å²) in [6.07, 6.45) is 0. The number of carbonyl (C=O) groups excluding carboxylic acids is 1. The molecule has 0 bridgehead atoms. The van der Waals surface area contributed by atoms with E-state index in [1.807, 2.05) is 59.5 Å². The molecule has 2 N–H and O–H groups in total. The lowest BCUT2D eigenvalue weighted by Gasteiger charge is -2.34.